The molecule has 1 amide bonds. The van der Waals surface area contributed by atoms with E-state index in [0.717, 1.165) is 12.1 Å². The molecule has 0 atom stereocenters. The van der Waals surface area contributed by atoms with Crippen molar-refractivity contribution in [2.24, 2.45) is 0 Å². The second-order valence-electron chi connectivity index (χ2n) is 6.30. The summed E-state index contributed by atoms with van der Waals surface area (Å²) < 4.78 is 68.9. The first kappa shape index (κ1) is 19.8. The second-order valence-corrected chi connectivity index (χ2v) is 7.84. The number of carbonyl (C=O) groups is 1. The van der Waals surface area contributed by atoms with Gasteiger partial charge in [-0.3, -0.25) is 5.32 Å². The van der Waals surface area contributed by atoms with Crippen LogP contribution in [-0.2, 0) is 14.9 Å². The number of rotatable bonds is 3. The molecule has 6 nitrogen and oxygen atoms in total. The number of fused-ring (bicyclic) bond motifs is 1. The zero-order chi connectivity index (χ0) is 19.8. The number of benzene rings is 2. The lowest BCUT2D eigenvalue weighted by Gasteiger charge is -2.20. The normalized spacial score (nSPS) is 12.7. The van der Waals surface area contributed by atoms with Gasteiger partial charge in [0.25, 0.3) is 0 Å². The maximum Gasteiger partial charge on any atom is 0.534 e. The minimum atomic E-state index is -5.79. The van der Waals surface area contributed by atoms with Gasteiger partial charge >= 0.3 is 21.7 Å². The van der Waals surface area contributed by atoms with E-state index < -0.39 is 33.1 Å². The van der Waals surface area contributed by atoms with Crippen molar-refractivity contribution in [3.63, 3.8) is 0 Å². The van der Waals surface area contributed by atoms with Crippen molar-refractivity contribution in [2.45, 2.75) is 31.9 Å². The van der Waals surface area contributed by atoms with Gasteiger partial charge in [-0.2, -0.15) is 21.6 Å². The van der Waals surface area contributed by atoms with Crippen molar-refractivity contribution in [1.82, 2.24) is 0 Å². The average Bonchev–Trinajstić information content (AvgIpc) is 2.44. The first-order chi connectivity index (χ1) is 11.8. The van der Waals surface area contributed by atoms with Gasteiger partial charge in [-0.15, -0.1) is 0 Å². The van der Waals surface area contributed by atoms with E-state index in [1.807, 2.05) is 0 Å². The van der Waals surface area contributed by atoms with Crippen molar-refractivity contribution >= 4 is 32.7 Å². The lowest BCUT2D eigenvalue weighted by molar-refractivity contribution is -0.0500. The molecule has 0 aliphatic carbocycles. The Balaban J connectivity index is 2.37. The number of anilines is 1. The van der Waals surface area contributed by atoms with Crippen LogP contribution in [0.4, 0.5) is 23.7 Å². The molecule has 142 valence electrons. The Morgan fingerprint density at radius 1 is 1.08 bits per heavy atom. The van der Waals surface area contributed by atoms with Crippen molar-refractivity contribution in [3.05, 3.63) is 36.4 Å². The standard InChI is InChI=1S/C16H16F3NO5S/c1-15(2,3)24-14(21)20-13-6-4-5-10-7-8-11(9-12(10)13)25-26(22,23)16(17,18)19/h4-9H,1-3H3,(H,20,21). The highest BCUT2D eigenvalue weighted by atomic mass is 32.2. The molecule has 1 N–H and O–H groups in total. The van der Waals surface area contributed by atoms with Crippen LogP contribution in [0.25, 0.3) is 10.8 Å². The third kappa shape index (κ3) is 4.78. The molecule has 0 spiro atoms. The minimum absolute atomic E-state index is 0.228. The van der Waals surface area contributed by atoms with Gasteiger partial charge in [0.05, 0.1) is 5.69 Å². The summed E-state index contributed by atoms with van der Waals surface area (Å²) in [5, 5.41) is 3.31. The number of carbonyl (C=O) groups excluding carboxylic acids is 1. The molecule has 0 bridgehead atoms. The summed E-state index contributed by atoms with van der Waals surface area (Å²) in [6, 6.07) is 8.29. The third-order valence-electron chi connectivity index (χ3n) is 2.98. The average molecular weight is 391 g/mol. The number of hydrogen-bond donors (Lipinski definition) is 1. The van der Waals surface area contributed by atoms with E-state index in [-0.39, 0.29) is 11.1 Å². The Morgan fingerprint density at radius 3 is 2.31 bits per heavy atom. The SMILES string of the molecule is CC(C)(C)OC(=O)Nc1cccc2ccc(OS(=O)(=O)C(F)(F)F)cc12. The van der Waals surface area contributed by atoms with Crippen LogP contribution in [0.3, 0.4) is 0 Å². The van der Waals surface area contributed by atoms with Crippen molar-refractivity contribution < 1.29 is 35.3 Å². The number of amides is 1. The first-order valence-corrected chi connectivity index (χ1v) is 8.73. The molecule has 0 saturated carbocycles. The van der Waals surface area contributed by atoms with Crippen LogP contribution in [0.15, 0.2) is 36.4 Å². The smallest absolute Gasteiger partial charge is 0.444 e. The molecule has 0 saturated heterocycles. The van der Waals surface area contributed by atoms with Gasteiger partial charge in [0, 0.05) is 5.39 Å². The predicted octanol–water partition coefficient (Wildman–Crippen LogP) is 4.42. The molecular weight excluding hydrogens is 375 g/mol. The quantitative estimate of drug-likeness (QED) is 0.619. The summed E-state index contributed by atoms with van der Waals surface area (Å²) >= 11 is 0. The molecular formula is C16H16F3NO5S. The molecule has 0 fully saturated rings. The monoisotopic (exact) mass is 391 g/mol. The Bertz CT molecular complexity index is 933. The van der Waals surface area contributed by atoms with Crippen molar-refractivity contribution in [2.75, 3.05) is 5.32 Å². The Kier molecular flexibility index (Phi) is 5.09. The Labute approximate surface area is 148 Å². The van der Waals surface area contributed by atoms with Gasteiger partial charge in [0.2, 0.25) is 0 Å². The summed E-state index contributed by atoms with van der Waals surface area (Å²) in [5.41, 5.74) is -6.06. The minimum Gasteiger partial charge on any atom is -0.444 e. The number of nitrogens with one attached hydrogen (secondary N) is 1. The molecule has 0 aromatic heterocycles. The van der Waals surface area contributed by atoms with Gasteiger partial charge in [0.1, 0.15) is 11.4 Å². The second kappa shape index (κ2) is 6.67. The molecule has 0 unspecified atom stereocenters. The van der Waals surface area contributed by atoms with Crippen LogP contribution >= 0.6 is 0 Å². The summed E-state index contributed by atoms with van der Waals surface area (Å²) in [5.74, 6) is -0.534. The van der Waals surface area contributed by atoms with Crippen LogP contribution in [0, 0.1) is 0 Å². The highest BCUT2D eigenvalue weighted by Gasteiger charge is 2.48. The number of halogens is 3. The zero-order valence-corrected chi connectivity index (χ0v) is 14.9. The first-order valence-electron chi connectivity index (χ1n) is 7.32. The van der Waals surface area contributed by atoms with E-state index in [0.29, 0.717) is 5.39 Å². The number of hydrogen-bond acceptors (Lipinski definition) is 5. The lowest BCUT2D eigenvalue weighted by Crippen LogP contribution is -2.28. The van der Waals surface area contributed by atoms with Crippen LogP contribution in [0.5, 0.6) is 5.75 Å². The van der Waals surface area contributed by atoms with Gasteiger partial charge in [-0.05, 0) is 44.4 Å². The fourth-order valence-corrected chi connectivity index (χ4v) is 2.45. The van der Waals surface area contributed by atoms with E-state index in [2.05, 4.69) is 9.50 Å². The predicted molar refractivity (Wildman–Crippen MR) is 89.4 cm³/mol. The molecule has 2 aromatic carbocycles. The summed E-state index contributed by atoms with van der Waals surface area (Å²) in [7, 11) is -5.79. The highest BCUT2D eigenvalue weighted by molar-refractivity contribution is 7.88. The van der Waals surface area contributed by atoms with Gasteiger partial charge in [-0.25, -0.2) is 4.79 Å². The van der Waals surface area contributed by atoms with Gasteiger partial charge < -0.3 is 8.92 Å². The zero-order valence-electron chi connectivity index (χ0n) is 14.0. The topological polar surface area (TPSA) is 81.7 Å². The highest BCUT2D eigenvalue weighted by Crippen LogP contribution is 2.31. The van der Waals surface area contributed by atoms with Crippen molar-refractivity contribution in [3.8, 4) is 5.75 Å². The van der Waals surface area contributed by atoms with Crippen LogP contribution in [0.2, 0.25) is 0 Å². The van der Waals surface area contributed by atoms with E-state index in [4.69, 9.17) is 4.74 Å². The van der Waals surface area contributed by atoms with E-state index in [1.165, 1.54) is 12.1 Å². The molecule has 10 heteroatoms. The van der Waals surface area contributed by atoms with Crippen LogP contribution < -0.4 is 9.50 Å². The Hall–Kier alpha value is -2.49. The molecule has 2 rings (SSSR count). The van der Waals surface area contributed by atoms with Gasteiger partial charge in [0.15, 0.2) is 0 Å². The van der Waals surface area contributed by atoms with E-state index >= 15 is 0 Å². The third-order valence-corrected chi connectivity index (χ3v) is 3.96. The van der Waals surface area contributed by atoms with Crippen molar-refractivity contribution in [1.29, 1.82) is 0 Å². The number of alkyl halides is 3. The largest absolute Gasteiger partial charge is 0.534 e. The summed E-state index contributed by atoms with van der Waals surface area (Å²) in [6.45, 7) is 5.01. The molecule has 0 aliphatic heterocycles. The van der Waals surface area contributed by atoms with Crippen LogP contribution in [0.1, 0.15) is 20.8 Å². The maximum absolute atomic E-state index is 12.5. The molecule has 26 heavy (non-hydrogen) atoms. The fraction of sp³-hybridized carbons (Fsp3) is 0.312. The molecule has 0 radical (unpaired) electrons. The summed E-state index contributed by atoms with van der Waals surface area (Å²) in [6.07, 6.45) is -0.765. The fourth-order valence-electron chi connectivity index (χ4n) is 2.00. The maximum atomic E-state index is 12.5. The molecule has 0 heterocycles. The summed E-state index contributed by atoms with van der Waals surface area (Å²) in [4.78, 5) is 11.9. The lowest BCUT2D eigenvalue weighted by atomic mass is 10.1. The van der Waals surface area contributed by atoms with Crippen LogP contribution in [-0.4, -0.2) is 25.6 Å². The molecule has 2 aromatic rings. The Morgan fingerprint density at radius 2 is 1.73 bits per heavy atom. The molecule has 0 aliphatic rings. The number of ether oxygens (including phenoxy) is 1. The van der Waals surface area contributed by atoms with E-state index in [1.54, 1.807) is 32.9 Å². The van der Waals surface area contributed by atoms with Gasteiger partial charge in [-0.1, -0.05) is 18.2 Å². The van der Waals surface area contributed by atoms with E-state index in [9.17, 15) is 26.4 Å².